The third kappa shape index (κ3) is 2.55. The van der Waals surface area contributed by atoms with Crippen molar-refractivity contribution in [2.45, 2.75) is 4.71 Å². The highest BCUT2D eigenvalue weighted by Gasteiger charge is 2.06. The van der Waals surface area contributed by atoms with Crippen LogP contribution >= 0.6 is 27.5 Å². The van der Waals surface area contributed by atoms with Gasteiger partial charge < -0.3 is 4.55 Å². The van der Waals surface area contributed by atoms with Crippen molar-refractivity contribution < 1.29 is 8.76 Å². The number of alkyl halides is 1. The first-order valence-corrected chi connectivity index (χ1v) is 5.45. The van der Waals surface area contributed by atoms with Gasteiger partial charge in [-0.1, -0.05) is 28.1 Å². The Morgan fingerprint density at radius 3 is 2.33 bits per heavy atom. The Bertz CT molecular complexity index is 288. The summed E-state index contributed by atoms with van der Waals surface area (Å²) in [6.07, 6.45) is 0. The van der Waals surface area contributed by atoms with Gasteiger partial charge in [0.05, 0.1) is 0 Å². The molecule has 0 saturated carbocycles. The van der Waals surface area contributed by atoms with Crippen molar-refractivity contribution in [2.75, 3.05) is 0 Å². The van der Waals surface area contributed by atoms with Crippen LogP contribution in [0, 0.1) is 0 Å². The molecule has 66 valence electrons. The Labute approximate surface area is 86.3 Å². The van der Waals surface area contributed by atoms with Crippen LogP contribution in [0.2, 0.25) is 0 Å². The van der Waals surface area contributed by atoms with Crippen molar-refractivity contribution in [1.29, 1.82) is 0 Å². The molecular weight excluding hydrogens is 263 g/mol. The molecule has 0 spiro atoms. The summed E-state index contributed by atoms with van der Waals surface area (Å²) in [7, 11) is 0. The summed E-state index contributed by atoms with van der Waals surface area (Å²) < 4.78 is 20.8. The van der Waals surface area contributed by atoms with Crippen LogP contribution in [-0.4, -0.2) is 8.76 Å². The van der Waals surface area contributed by atoms with E-state index in [0.717, 1.165) is 4.47 Å². The van der Waals surface area contributed by atoms with Gasteiger partial charge in [0.15, 0.2) is 0 Å². The Hall–Kier alpha value is 0.1000. The van der Waals surface area contributed by atoms with Crippen LogP contribution in [0.15, 0.2) is 28.7 Å². The molecule has 0 bridgehead atoms. The maximum Gasteiger partial charge on any atom is 0.120 e. The smallest absolute Gasteiger partial charge is 0.120 e. The van der Waals surface area contributed by atoms with E-state index in [-0.39, 0.29) is 0 Å². The van der Waals surface area contributed by atoms with Gasteiger partial charge >= 0.3 is 0 Å². The summed E-state index contributed by atoms with van der Waals surface area (Å²) >= 11 is 6.53. The van der Waals surface area contributed by atoms with Crippen LogP contribution in [0.1, 0.15) is 10.3 Å². The summed E-state index contributed by atoms with van der Waals surface area (Å²) in [5.74, 6) is 0. The Morgan fingerprint density at radius 1 is 1.42 bits per heavy atom. The minimum Gasteiger partial charge on any atom is -0.771 e. The summed E-state index contributed by atoms with van der Waals surface area (Å²) in [5, 5.41) is 0. The van der Waals surface area contributed by atoms with Crippen LogP contribution in [0.4, 0.5) is 0 Å². The van der Waals surface area contributed by atoms with E-state index in [1.807, 2.05) is 0 Å². The van der Waals surface area contributed by atoms with Crippen molar-refractivity contribution in [3.63, 3.8) is 0 Å². The molecule has 2 unspecified atom stereocenters. The molecule has 12 heavy (non-hydrogen) atoms. The number of hydrogen-bond acceptors (Lipinski definition) is 2. The van der Waals surface area contributed by atoms with E-state index in [1.54, 1.807) is 24.3 Å². The van der Waals surface area contributed by atoms with E-state index >= 15 is 0 Å². The molecule has 0 amide bonds. The molecule has 1 rings (SSSR count). The molecule has 1 aromatic carbocycles. The first-order valence-electron chi connectivity index (χ1n) is 3.09. The van der Waals surface area contributed by atoms with Gasteiger partial charge in [0.25, 0.3) is 0 Å². The zero-order chi connectivity index (χ0) is 9.14. The van der Waals surface area contributed by atoms with Crippen molar-refractivity contribution in [3.8, 4) is 0 Å². The first-order chi connectivity index (χ1) is 5.61. The molecule has 2 nitrogen and oxygen atoms in total. The van der Waals surface area contributed by atoms with Gasteiger partial charge in [0.1, 0.15) is 4.71 Å². The van der Waals surface area contributed by atoms with Crippen LogP contribution in [0.25, 0.3) is 0 Å². The molecule has 0 aliphatic rings. The molecule has 0 heterocycles. The highest BCUT2D eigenvalue weighted by Crippen LogP contribution is 2.24. The van der Waals surface area contributed by atoms with E-state index < -0.39 is 15.8 Å². The molecule has 0 N–H and O–H groups in total. The van der Waals surface area contributed by atoms with Crippen LogP contribution in [0.3, 0.4) is 0 Å². The van der Waals surface area contributed by atoms with Crippen LogP contribution < -0.4 is 0 Å². The Balaban J connectivity index is 2.89. The highest BCUT2D eigenvalue weighted by atomic mass is 79.9. The van der Waals surface area contributed by atoms with E-state index in [1.165, 1.54) is 0 Å². The molecule has 0 aliphatic heterocycles. The lowest BCUT2D eigenvalue weighted by Gasteiger charge is -2.12. The fourth-order valence-corrected chi connectivity index (χ4v) is 1.51. The maximum atomic E-state index is 10.4. The topological polar surface area (TPSA) is 40.1 Å². The minimum atomic E-state index is -2.27. The van der Waals surface area contributed by atoms with Gasteiger partial charge in [0, 0.05) is 4.47 Å². The van der Waals surface area contributed by atoms with Gasteiger partial charge in [-0.15, -0.1) is 11.6 Å². The third-order valence-electron chi connectivity index (χ3n) is 1.30. The summed E-state index contributed by atoms with van der Waals surface area (Å²) in [6.45, 7) is 0. The Morgan fingerprint density at radius 2 is 1.92 bits per heavy atom. The number of rotatable bonds is 2. The maximum absolute atomic E-state index is 10.4. The van der Waals surface area contributed by atoms with Gasteiger partial charge in [-0.2, -0.15) is 0 Å². The monoisotopic (exact) mass is 267 g/mol. The lowest BCUT2D eigenvalue weighted by molar-refractivity contribution is 0.534. The molecule has 5 heteroatoms. The average molecular weight is 269 g/mol. The van der Waals surface area contributed by atoms with E-state index in [2.05, 4.69) is 15.9 Å². The SMILES string of the molecule is O=S([O-])C(Cl)c1ccc(Br)cc1. The lowest BCUT2D eigenvalue weighted by atomic mass is 10.2. The molecular formula is C7H5BrClO2S-. The fourth-order valence-electron chi connectivity index (χ4n) is 0.725. The summed E-state index contributed by atoms with van der Waals surface area (Å²) in [6, 6.07) is 6.82. The van der Waals surface area contributed by atoms with E-state index in [9.17, 15) is 8.76 Å². The minimum absolute atomic E-state index is 0.577. The van der Waals surface area contributed by atoms with Crippen molar-refractivity contribution in [3.05, 3.63) is 34.3 Å². The summed E-state index contributed by atoms with van der Waals surface area (Å²) in [4.78, 5) is 0. The predicted octanol–water partition coefficient (Wildman–Crippen LogP) is 2.57. The molecule has 1 aromatic rings. The molecule has 0 fully saturated rings. The van der Waals surface area contributed by atoms with Gasteiger partial charge in [-0.25, -0.2) is 0 Å². The molecule has 0 aromatic heterocycles. The average Bonchev–Trinajstić information content (AvgIpc) is 2.04. The van der Waals surface area contributed by atoms with Crippen molar-refractivity contribution in [2.24, 2.45) is 0 Å². The molecule has 2 atom stereocenters. The zero-order valence-electron chi connectivity index (χ0n) is 5.87. The second-order valence-corrected chi connectivity index (χ2v) is 4.73. The fraction of sp³-hybridized carbons (Fsp3) is 0.143. The van der Waals surface area contributed by atoms with Crippen LogP contribution in [0.5, 0.6) is 0 Å². The molecule has 0 saturated heterocycles. The Kier molecular flexibility index (Phi) is 3.71. The predicted molar refractivity (Wildman–Crippen MR) is 51.7 cm³/mol. The quantitative estimate of drug-likeness (QED) is 0.611. The highest BCUT2D eigenvalue weighted by molar-refractivity contribution is 9.10. The normalized spacial score (nSPS) is 15.6. The molecule has 0 radical (unpaired) electrons. The number of hydrogen-bond donors (Lipinski definition) is 0. The standard InChI is InChI=1S/C7H6BrClO2S/c8-6-3-1-5(2-4-6)7(9)12(10)11/h1-4,7H,(H,10,11)/p-1. The van der Waals surface area contributed by atoms with Gasteiger partial charge in [-0.05, 0) is 28.8 Å². The van der Waals surface area contributed by atoms with E-state index in [4.69, 9.17) is 11.6 Å². The largest absolute Gasteiger partial charge is 0.771 e. The number of benzene rings is 1. The first kappa shape index (κ1) is 10.2. The van der Waals surface area contributed by atoms with Gasteiger partial charge in [-0.3, -0.25) is 4.21 Å². The van der Waals surface area contributed by atoms with Gasteiger partial charge in [0.2, 0.25) is 0 Å². The van der Waals surface area contributed by atoms with Crippen LogP contribution in [-0.2, 0) is 11.1 Å². The second kappa shape index (κ2) is 4.37. The lowest BCUT2D eigenvalue weighted by Crippen LogP contribution is -1.97. The second-order valence-electron chi connectivity index (χ2n) is 2.13. The molecule has 0 aliphatic carbocycles. The van der Waals surface area contributed by atoms with Crippen molar-refractivity contribution >= 4 is 38.6 Å². The summed E-state index contributed by atoms with van der Waals surface area (Å²) in [5.41, 5.74) is 0.577. The third-order valence-corrected chi connectivity index (χ3v) is 3.13. The van der Waals surface area contributed by atoms with Crippen molar-refractivity contribution in [1.82, 2.24) is 0 Å². The van der Waals surface area contributed by atoms with E-state index in [0.29, 0.717) is 5.56 Å². The number of halogens is 2. The zero-order valence-corrected chi connectivity index (χ0v) is 9.03.